The molecule has 2 aliphatic rings. The molecule has 7 heteroatoms. The van der Waals surface area contributed by atoms with Crippen LogP contribution in [-0.2, 0) is 4.74 Å². The first-order valence-corrected chi connectivity index (χ1v) is 8.88. The predicted molar refractivity (Wildman–Crippen MR) is 85.5 cm³/mol. The molecule has 2 saturated heterocycles. The van der Waals surface area contributed by atoms with Crippen molar-refractivity contribution < 1.29 is 18.3 Å². The highest BCUT2D eigenvalue weighted by atomic mass is 32.2. The van der Waals surface area contributed by atoms with Crippen LogP contribution in [0.15, 0.2) is 18.2 Å². The molecule has 4 nitrogen and oxygen atoms in total. The molecule has 2 fully saturated rings. The van der Waals surface area contributed by atoms with Gasteiger partial charge in [-0.15, -0.1) is 0 Å². The number of carbonyl (C=O) groups is 1. The molecule has 2 aliphatic heterocycles. The number of nitrogens with zero attached hydrogens (tertiary/aromatic N) is 2. The van der Waals surface area contributed by atoms with Crippen molar-refractivity contribution in [2.24, 2.45) is 0 Å². The van der Waals surface area contributed by atoms with Gasteiger partial charge < -0.3 is 14.5 Å². The van der Waals surface area contributed by atoms with Gasteiger partial charge in [-0.1, -0.05) is 0 Å². The maximum atomic E-state index is 14.0. The van der Waals surface area contributed by atoms with Crippen molar-refractivity contribution in [1.82, 2.24) is 9.80 Å². The third-order valence-corrected chi connectivity index (χ3v) is 5.51. The molecule has 2 heterocycles. The van der Waals surface area contributed by atoms with Crippen LogP contribution >= 0.6 is 11.8 Å². The normalized spacial score (nSPS) is 22.8. The van der Waals surface area contributed by atoms with Gasteiger partial charge in [0.1, 0.15) is 11.6 Å². The summed E-state index contributed by atoms with van der Waals surface area (Å²) in [6, 6.07) is 3.60. The van der Waals surface area contributed by atoms with Crippen molar-refractivity contribution in [1.29, 1.82) is 0 Å². The average molecular weight is 342 g/mol. The second-order valence-electron chi connectivity index (χ2n) is 5.68. The fourth-order valence-electron chi connectivity index (χ4n) is 2.93. The van der Waals surface area contributed by atoms with Gasteiger partial charge in [-0.2, -0.15) is 11.8 Å². The van der Waals surface area contributed by atoms with E-state index in [1.807, 2.05) is 4.90 Å². The van der Waals surface area contributed by atoms with Crippen LogP contribution in [0.1, 0.15) is 17.2 Å². The molecule has 0 radical (unpaired) electrons. The van der Waals surface area contributed by atoms with Crippen molar-refractivity contribution >= 4 is 17.8 Å². The fraction of sp³-hybridized carbons (Fsp3) is 0.562. The third kappa shape index (κ3) is 3.95. The van der Waals surface area contributed by atoms with Gasteiger partial charge in [-0.05, 0) is 24.6 Å². The van der Waals surface area contributed by atoms with E-state index in [2.05, 4.69) is 0 Å². The molecule has 0 N–H and O–H groups in total. The van der Waals surface area contributed by atoms with Crippen LogP contribution < -0.4 is 0 Å². The smallest absolute Gasteiger partial charge is 0.320 e. The lowest BCUT2D eigenvalue weighted by Crippen LogP contribution is -2.48. The van der Waals surface area contributed by atoms with Crippen LogP contribution in [0.25, 0.3) is 0 Å². The Morgan fingerprint density at radius 3 is 2.65 bits per heavy atom. The molecule has 0 bridgehead atoms. The Balaban J connectivity index is 1.64. The summed E-state index contributed by atoms with van der Waals surface area (Å²) in [5.74, 6) is -0.0826. The molecule has 0 unspecified atom stereocenters. The molecule has 0 spiro atoms. The largest absolute Gasteiger partial charge is 0.378 e. The minimum atomic E-state index is -0.424. The molecular formula is C16H20F2N2O2S. The summed E-state index contributed by atoms with van der Waals surface area (Å²) in [5.41, 5.74) is 0.399. The van der Waals surface area contributed by atoms with Gasteiger partial charge in [-0.3, -0.25) is 0 Å². The standard InChI is InChI=1S/C16H20F2N2O2S/c17-12-1-2-14(18)13(11-12)15-3-4-19(7-10-23-15)16(21)20-5-8-22-9-6-20/h1-2,11,15H,3-10H2/t15-/m1/s1. The monoisotopic (exact) mass is 342 g/mol. The molecule has 0 aliphatic carbocycles. The van der Waals surface area contributed by atoms with Gasteiger partial charge in [0.15, 0.2) is 0 Å². The van der Waals surface area contributed by atoms with Crippen molar-refractivity contribution in [2.75, 3.05) is 45.1 Å². The zero-order valence-electron chi connectivity index (χ0n) is 12.8. The molecule has 2 amide bonds. The Labute approximate surface area is 138 Å². The highest BCUT2D eigenvalue weighted by molar-refractivity contribution is 7.99. The Kier molecular flexibility index (Phi) is 5.38. The van der Waals surface area contributed by atoms with Gasteiger partial charge >= 0.3 is 6.03 Å². The van der Waals surface area contributed by atoms with Crippen LogP contribution in [0.5, 0.6) is 0 Å². The first kappa shape index (κ1) is 16.5. The third-order valence-electron chi connectivity index (χ3n) is 4.20. The van der Waals surface area contributed by atoms with Crippen molar-refractivity contribution in [2.45, 2.75) is 11.7 Å². The van der Waals surface area contributed by atoms with E-state index in [0.29, 0.717) is 51.4 Å². The Hall–Kier alpha value is -1.34. The molecule has 126 valence electrons. The van der Waals surface area contributed by atoms with Crippen molar-refractivity contribution in [3.63, 3.8) is 0 Å². The number of carbonyl (C=O) groups excluding carboxylic acids is 1. The SMILES string of the molecule is O=C(N1CCOCC1)N1CCS[C@@H](c2cc(F)ccc2F)CC1. The fourth-order valence-corrected chi connectivity index (χ4v) is 4.17. The summed E-state index contributed by atoms with van der Waals surface area (Å²) < 4.78 is 32.6. The minimum absolute atomic E-state index is 0.0225. The second-order valence-corrected chi connectivity index (χ2v) is 6.99. The molecule has 1 aromatic carbocycles. The van der Waals surface area contributed by atoms with E-state index in [4.69, 9.17) is 4.74 Å². The van der Waals surface area contributed by atoms with Crippen LogP contribution in [0.3, 0.4) is 0 Å². The molecule has 23 heavy (non-hydrogen) atoms. The topological polar surface area (TPSA) is 32.8 Å². The summed E-state index contributed by atoms with van der Waals surface area (Å²) >= 11 is 1.58. The second kappa shape index (κ2) is 7.49. The number of thioether (sulfide) groups is 1. The summed E-state index contributed by atoms with van der Waals surface area (Å²) in [6.07, 6.45) is 0.626. The zero-order valence-corrected chi connectivity index (χ0v) is 13.7. The van der Waals surface area contributed by atoms with E-state index in [-0.39, 0.29) is 17.1 Å². The quantitative estimate of drug-likeness (QED) is 0.787. The lowest BCUT2D eigenvalue weighted by atomic mass is 10.1. The molecular weight excluding hydrogens is 322 g/mol. The number of halogens is 2. The maximum Gasteiger partial charge on any atom is 0.320 e. The van der Waals surface area contributed by atoms with Crippen molar-refractivity contribution in [3.8, 4) is 0 Å². The van der Waals surface area contributed by atoms with Crippen LogP contribution in [0.4, 0.5) is 13.6 Å². The highest BCUT2D eigenvalue weighted by Crippen LogP contribution is 2.36. The van der Waals surface area contributed by atoms with E-state index in [0.717, 1.165) is 11.8 Å². The lowest BCUT2D eigenvalue weighted by molar-refractivity contribution is 0.0438. The number of rotatable bonds is 1. The lowest BCUT2D eigenvalue weighted by Gasteiger charge is -2.32. The van der Waals surface area contributed by atoms with E-state index in [9.17, 15) is 13.6 Å². The Morgan fingerprint density at radius 2 is 1.87 bits per heavy atom. The van der Waals surface area contributed by atoms with E-state index >= 15 is 0 Å². The number of amides is 2. The molecule has 1 aromatic rings. The number of hydrogen-bond donors (Lipinski definition) is 0. The van der Waals surface area contributed by atoms with Gasteiger partial charge in [-0.25, -0.2) is 13.6 Å². The minimum Gasteiger partial charge on any atom is -0.378 e. The summed E-state index contributed by atoms with van der Waals surface area (Å²) in [6.45, 7) is 3.57. The summed E-state index contributed by atoms with van der Waals surface area (Å²) in [5, 5.41) is -0.117. The number of ether oxygens (including phenoxy) is 1. The van der Waals surface area contributed by atoms with Gasteiger partial charge in [0.2, 0.25) is 0 Å². The molecule has 3 rings (SSSR count). The number of morpholine rings is 1. The first-order valence-electron chi connectivity index (χ1n) is 7.83. The maximum absolute atomic E-state index is 14.0. The van der Waals surface area contributed by atoms with E-state index in [1.165, 1.54) is 12.1 Å². The number of urea groups is 1. The Bertz CT molecular complexity index is 567. The van der Waals surface area contributed by atoms with Crippen LogP contribution in [-0.4, -0.2) is 61.0 Å². The average Bonchev–Trinajstić information content (AvgIpc) is 2.83. The Morgan fingerprint density at radius 1 is 1.13 bits per heavy atom. The van der Waals surface area contributed by atoms with Crippen LogP contribution in [0.2, 0.25) is 0 Å². The van der Waals surface area contributed by atoms with E-state index < -0.39 is 5.82 Å². The molecule has 0 aromatic heterocycles. The summed E-state index contributed by atoms with van der Waals surface area (Å²) in [4.78, 5) is 16.1. The highest BCUT2D eigenvalue weighted by Gasteiger charge is 2.27. The first-order chi connectivity index (χ1) is 11.1. The van der Waals surface area contributed by atoms with E-state index in [1.54, 1.807) is 16.7 Å². The van der Waals surface area contributed by atoms with Gasteiger partial charge in [0.05, 0.1) is 13.2 Å². The zero-order chi connectivity index (χ0) is 16.2. The predicted octanol–water partition coefficient (Wildman–Crippen LogP) is 2.90. The van der Waals surface area contributed by atoms with Gasteiger partial charge in [0.25, 0.3) is 0 Å². The number of hydrogen-bond acceptors (Lipinski definition) is 3. The molecule has 1 atom stereocenters. The number of benzene rings is 1. The molecule has 0 saturated carbocycles. The van der Waals surface area contributed by atoms with Crippen molar-refractivity contribution in [3.05, 3.63) is 35.4 Å². The van der Waals surface area contributed by atoms with Gasteiger partial charge in [0, 0.05) is 42.7 Å². The summed E-state index contributed by atoms with van der Waals surface area (Å²) in [7, 11) is 0. The van der Waals surface area contributed by atoms with Crippen LogP contribution in [0, 0.1) is 11.6 Å².